The van der Waals surface area contributed by atoms with Crippen molar-refractivity contribution in [1.29, 1.82) is 0 Å². The molecular formula is C11H18BrN3O2S. The highest BCUT2D eigenvalue weighted by molar-refractivity contribution is 9.09. The van der Waals surface area contributed by atoms with Crippen LogP contribution in [0.3, 0.4) is 0 Å². The number of nitrogens with zero attached hydrogens (tertiary/aromatic N) is 1. The number of sulfonamides is 1. The predicted octanol–water partition coefficient (Wildman–Crippen LogP) is 2.03. The monoisotopic (exact) mass is 335 g/mol. The van der Waals surface area contributed by atoms with Gasteiger partial charge in [0.1, 0.15) is 0 Å². The number of halogens is 1. The van der Waals surface area contributed by atoms with E-state index in [1.807, 2.05) is 0 Å². The van der Waals surface area contributed by atoms with Crippen molar-refractivity contribution >= 4 is 26.0 Å². The Morgan fingerprint density at radius 2 is 2.22 bits per heavy atom. The van der Waals surface area contributed by atoms with E-state index in [-0.39, 0.29) is 10.6 Å². The van der Waals surface area contributed by atoms with Gasteiger partial charge in [-0.25, -0.2) is 13.1 Å². The van der Waals surface area contributed by atoms with Crippen molar-refractivity contribution in [2.24, 2.45) is 5.92 Å². The predicted molar refractivity (Wildman–Crippen MR) is 73.1 cm³/mol. The van der Waals surface area contributed by atoms with E-state index in [1.54, 1.807) is 0 Å². The molecule has 0 radical (unpaired) electrons. The van der Waals surface area contributed by atoms with E-state index in [1.165, 1.54) is 12.3 Å². The number of alkyl halides is 1. The molecule has 1 heterocycles. The van der Waals surface area contributed by atoms with Crippen LogP contribution >= 0.6 is 15.9 Å². The van der Waals surface area contributed by atoms with Gasteiger partial charge < -0.3 is 0 Å². The average molecular weight is 336 g/mol. The summed E-state index contributed by atoms with van der Waals surface area (Å²) in [6.45, 7) is 2.21. The maximum atomic E-state index is 12.2. The van der Waals surface area contributed by atoms with Crippen LogP contribution in [-0.4, -0.2) is 29.5 Å². The van der Waals surface area contributed by atoms with Crippen molar-refractivity contribution in [3.8, 4) is 0 Å². The van der Waals surface area contributed by atoms with E-state index < -0.39 is 10.0 Å². The summed E-state index contributed by atoms with van der Waals surface area (Å²) in [6.07, 6.45) is 5.28. The Bertz CT molecular complexity index is 478. The normalized spacial score (nSPS) is 29.3. The van der Waals surface area contributed by atoms with E-state index >= 15 is 0 Å². The van der Waals surface area contributed by atoms with E-state index in [9.17, 15) is 8.42 Å². The molecule has 1 aromatic rings. The third-order valence-corrected chi connectivity index (χ3v) is 6.18. The lowest BCUT2D eigenvalue weighted by atomic mass is 9.79. The number of aromatic amines is 1. The van der Waals surface area contributed by atoms with Gasteiger partial charge in [0.15, 0.2) is 5.03 Å². The molecule has 1 aliphatic rings. The lowest BCUT2D eigenvalue weighted by molar-refractivity contribution is 0.249. The van der Waals surface area contributed by atoms with Gasteiger partial charge in [0.2, 0.25) is 0 Å². The molecule has 0 bridgehead atoms. The Kier molecular flexibility index (Phi) is 4.13. The Labute approximate surface area is 116 Å². The highest BCUT2D eigenvalue weighted by atomic mass is 79.9. The van der Waals surface area contributed by atoms with Crippen LogP contribution in [0.4, 0.5) is 0 Å². The summed E-state index contributed by atoms with van der Waals surface area (Å²) in [5, 5.41) is 6.95. The van der Waals surface area contributed by atoms with Gasteiger partial charge in [0.25, 0.3) is 10.0 Å². The molecule has 0 aromatic carbocycles. The van der Waals surface area contributed by atoms with Crippen LogP contribution in [0.2, 0.25) is 0 Å². The molecule has 5 nitrogen and oxygen atoms in total. The summed E-state index contributed by atoms with van der Waals surface area (Å²) in [5.41, 5.74) is -0.365. The third-order valence-electron chi connectivity index (χ3n) is 3.60. The van der Waals surface area contributed by atoms with Gasteiger partial charge in [0.05, 0.1) is 6.20 Å². The quantitative estimate of drug-likeness (QED) is 0.826. The zero-order valence-corrected chi connectivity index (χ0v) is 12.7. The maximum Gasteiger partial charge on any atom is 0.257 e. The molecule has 0 atom stereocenters. The van der Waals surface area contributed by atoms with Gasteiger partial charge >= 0.3 is 0 Å². The number of rotatable bonds is 4. The van der Waals surface area contributed by atoms with Crippen molar-refractivity contribution in [1.82, 2.24) is 14.9 Å². The fourth-order valence-electron chi connectivity index (χ4n) is 2.31. The lowest BCUT2D eigenvalue weighted by Crippen LogP contribution is -2.51. The zero-order valence-electron chi connectivity index (χ0n) is 10.3. The molecule has 0 aliphatic heterocycles. The molecule has 2 rings (SSSR count). The number of hydrogen-bond donors (Lipinski definition) is 2. The molecular weight excluding hydrogens is 318 g/mol. The second-order valence-corrected chi connectivity index (χ2v) is 7.33. The van der Waals surface area contributed by atoms with Gasteiger partial charge in [-0.3, -0.25) is 5.10 Å². The number of H-pyrrole nitrogens is 1. The van der Waals surface area contributed by atoms with Gasteiger partial charge in [-0.2, -0.15) is 5.10 Å². The fraction of sp³-hybridized carbons (Fsp3) is 0.727. The minimum Gasteiger partial charge on any atom is -0.266 e. The highest BCUT2D eigenvalue weighted by Crippen LogP contribution is 2.34. The van der Waals surface area contributed by atoms with E-state index in [4.69, 9.17) is 0 Å². The van der Waals surface area contributed by atoms with Crippen LogP contribution < -0.4 is 4.72 Å². The van der Waals surface area contributed by atoms with E-state index in [0.29, 0.717) is 11.2 Å². The lowest BCUT2D eigenvalue weighted by Gasteiger charge is -2.38. The van der Waals surface area contributed by atoms with Crippen LogP contribution in [0.5, 0.6) is 0 Å². The second kappa shape index (κ2) is 5.30. The molecule has 7 heteroatoms. The van der Waals surface area contributed by atoms with Gasteiger partial charge in [-0.15, -0.1) is 0 Å². The SMILES string of the molecule is CC1CCC(CBr)(NS(=O)(=O)c2ccn[nH]2)CC1. The molecule has 0 amide bonds. The number of hydrogen-bond acceptors (Lipinski definition) is 3. The average Bonchev–Trinajstić information content (AvgIpc) is 2.87. The first-order valence-electron chi connectivity index (χ1n) is 6.07. The molecule has 0 spiro atoms. The molecule has 0 unspecified atom stereocenters. The third kappa shape index (κ3) is 2.95. The first kappa shape index (κ1) is 14.0. The first-order valence-corrected chi connectivity index (χ1v) is 8.67. The molecule has 0 saturated heterocycles. The fourth-order valence-corrected chi connectivity index (χ4v) is 4.57. The van der Waals surface area contributed by atoms with Crippen LogP contribution in [0.15, 0.2) is 17.3 Å². The summed E-state index contributed by atoms with van der Waals surface area (Å²) in [6, 6.07) is 1.47. The van der Waals surface area contributed by atoms with Crippen molar-refractivity contribution < 1.29 is 8.42 Å². The highest BCUT2D eigenvalue weighted by Gasteiger charge is 2.37. The molecule has 1 aromatic heterocycles. The smallest absolute Gasteiger partial charge is 0.257 e. The van der Waals surface area contributed by atoms with E-state index in [2.05, 4.69) is 37.8 Å². The summed E-state index contributed by atoms with van der Waals surface area (Å²) in [7, 11) is -3.50. The summed E-state index contributed by atoms with van der Waals surface area (Å²) >= 11 is 3.45. The Morgan fingerprint density at radius 3 is 2.72 bits per heavy atom. The van der Waals surface area contributed by atoms with Crippen LogP contribution in [0, 0.1) is 5.92 Å². The van der Waals surface area contributed by atoms with Crippen LogP contribution in [0.1, 0.15) is 32.6 Å². The summed E-state index contributed by atoms with van der Waals surface area (Å²) in [4.78, 5) is 0. The zero-order chi connectivity index (χ0) is 13.2. The number of nitrogens with one attached hydrogen (secondary N) is 2. The Hall–Kier alpha value is -0.400. The largest absolute Gasteiger partial charge is 0.266 e. The van der Waals surface area contributed by atoms with Gasteiger partial charge in [0, 0.05) is 10.9 Å². The van der Waals surface area contributed by atoms with Crippen LogP contribution in [-0.2, 0) is 10.0 Å². The molecule has 1 saturated carbocycles. The Balaban J connectivity index is 2.16. The molecule has 102 valence electrons. The molecule has 18 heavy (non-hydrogen) atoms. The summed E-state index contributed by atoms with van der Waals surface area (Å²) < 4.78 is 27.2. The molecule has 1 aliphatic carbocycles. The topological polar surface area (TPSA) is 74.8 Å². The standard InChI is InChI=1S/C11H18BrN3O2S/c1-9-2-5-11(8-12,6-3-9)15-18(16,17)10-4-7-13-14-10/h4,7,9,15H,2-3,5-6,8H2,1H3,(H,13,14). The summed E-state index contributed by atoms with van der Waals surface area (Å²) in [5.74, 6) is 0.675. The van der Waals surface area contributed by atoms with Crippen molar-refractivity contribution in [3.63, 3.8) is 0 Å². The minimum absolute atomic E-state index is 0.126. The van der Waals surface area contributed by atoms with E-state index in [0.717, 1.165) is 25.7 Å². The van der Waals surface area contributed by atoms with Crippen molar-refractivity contribution in [3.05, 3.63) is 12.3 Å². The van der Waals surface area contributed by atoms with Gasteiger partial charge in [-0.05, 0) is 37.7 Å². The van der Waals surface area contributed by atoms with Gasteiger partial charge in [-0.1, -0.05) is 22.9 Å². The number of aromatic nitrogens is 2. The minimum atomic E-state index is -3.50. The van der Waals surface area contributed by atoms with Crippen molar-refractivity contribution in [2.45, 2.75) is 43.2 Å². The maximum absolute atomic E-state index is 12.2. The molecule has 2 N–H and O–H groups in total. The van der Waals surface area contributed by atoms with Crippen molar-refractivity contribution in [2.75, 3.05) is 5.33 Å². The first-order chi connectivity index (χ1) is 8.47. The van der Waals surface area contributed by atoms with Crippen LogP contribution in [0.25, 0.3) is 0 Å². The molecule has 1 fully saturated rings. The Morgan fingerprint density at radius 1 is 1.56 bits per heavy atom. The second-order valence-electron chi connectivity index (χ2n) is 5.12.